The molecule has 202 valence electrons. The van der Waals surface area contributed by atoms with E-state index in [1.807, 2.05) is 42.5 Å². The van der Waals surface area contributed by atoms with Gasteiger partial charge in [0.25, 0.3) is 0 Å². The van der Waals surface area contributed by atoms with Crippen LogP contribution in [0.1, 0.15) is 25.3 Å². The molecule has 3 N–H and O–H groups in total. The minimum Gasteiger partial charge on any atom is -0.481 e. The first-order chi connectivity index (χ1) is 18.8. The molecule has 0 aliphatic carbocycles. The van der Waals surface area contributed by atoms with Crippen LogP contribution in [0.3, 0.4) is 0 Å². The van der Waals surface area contributed by atoms with Crippen LogP contribution in [-0.2, 0) is 30.5 Å². The largest absolute Gasteiger partial charge is 0.481 e. The summed E-state index contributed by atoms with van der Waals surface area (Å²) in [5.74, 6) is -2.54. The van der Waals surface area contributed by atoms with Crippen molar-refractivity contribution in [1.29, 1.82) is 0 Å². The standard InChI is InChI=1S/C29H30N4O6/c1-2-27(36)32-16-23(30-15-19-11-12-20-7-3-4-8-21(20)13-19)29(39)33(25-10-6-5-9-24(25)32)17-26(35)31-22(18-34)14-28(37)38/h3-13,18,22-23,30H,2,14-17H2,1H3,(H,31,35)(H,37,38)/t22-,23?/m0/s1. The zero-order valence-electron chi connectivity index (χ0n) is 21.5. The Kier molecular flexibility index (Phi) is 8.67. The third-order valence-electron chi connectivity index (χ3n) is 6.57. The number of carboxylic acid groups (broad SMARTS) is 1. The van der Waals surface area contributed by atoms with Gasteiger partial charge in [-0.2, -0.15) is 0 Å². The molecule has 3 aromatic carbocycles. The van der Waals surface area contributed by atoms with Crippen molar-refractivity contribution in [2.45, 2.75) is 38.4 Å². The molecule has 10 nitrogen and oxygen atoms in total. The number of hydrogen-bond donors (Lipinski definition) is 3. The first-order valence-electron chi connectivity index (χ1n) is 12.7. The van der Waals surface area contributed by atoms with Crippen LogP contribution in [0.15, 0.2) is 66.7 Å². The van der Waals surface area contributed by atoms with Crippen molar-refractivity contribution < 1.29 is 29.1 Å². The number of carbonyl (C=O) groups is 5. The highest BCUT2D eigenvalue weighted by Gasteiger charge is 2.36. The molecule has 0 radical (unpaired) electrons. The second kappa shape index (κ2) is 12.3. The van der Waals surface area contributed by atoms with Crippen LogP contribution in [-0.4, -0.2) is 60.3 Å². The zero-order valence-corrected chi connectivity index (χ0v) is 21.5. The van der Waals surface area contributed by atoms with Gasteiger partial charge in [0.15, 0.2) is 0 Å². The molecule has 3 amide bonds. The Morgan fingerprint density at radius 2 is 1.72 bits per heavy atom. The van der Waals surface area contributed by atoms with Gasteiger partial charge in [0.2, 0.25) is 17.7 Å². The summed E-state index contributed by atoms with van der Waals surface area (Å²) in [4.78, 5) is 64.8. The highest BCUT2D eigenvalue weighted by atomic mass is 16.4. The predicted molar refractivity (Wildman–Crippen MR) is 146 cm³/mol. The van der Waals surface area contributed by atoms with E-state index < -0.39 is 42.8 Å². The summed E-state index contributed by atoms with van der Waals surface area (Å²) in [5.41, 5.74) is 1.80. The lowest BCUT2D eigenvalue weighted by molar-refractivity contribution is -0.139. The van der Waals surface area contributed by atoms with Gasteiger partial charge in [-0.1, -0.05) is 55.5 Å². The second-order valence-corrected chi connectivity index (χ2v) is 9.29. The van der Waals surface area contributed by atoms with Crippen LogP contribution < -0.4 is 20.4 Å². The number of carbonyl (C=O) groups excluding carboxylic acids is 4. The molecule has 1 heterocycles. The molecule has 4 rings (SSSR count). The SMILES string of the molecule is CCC(=O)N1CC(NCc2ccc3ccccc3c2)C(=O)N(CC(=O)N[C@H](C=O)CC(=O)O)c2ccccc21. The van der Waals surface area contributed by atoms with Gasteiger partial charge in [-0.15, -0.1) is 0 Å². The molecule has 0 fully saturated rings. The Morgan fingerprint density at radius 3 is 2.41 bits per heavy atom. The van der Waals surface area contributed by atoms with Crippen LogP contribution in [0.2, 0.25) is 0 Å². The minimum atomic E-state index is -1.24. The van der Waals surface area contributed by atoms with E-state index in [9.17, 15) is 24.0 Å². The molecule has 1 aliphatic heterocycles. The number of hydrogen-bond acceptors (Lipinski definition) is 6. The molecule has 0 aromatic heterocycles. The van der Waals surface area contributed by atoms with Crippen molar-refractivity contribution >= 4 is 52.1 Å². The van der Waals surface area contributed by atoms with Gasteiger partial charge >= 0.3 is 5.97 Å². The number of anilines is 2. The van der Waals surface area contributed by atoms with Gasteiger partial charge in [0.1, 0.15) is 18.9 Å². The molecule has 39 heavy (non-hydrogen) atoms. The highest BCUT2D eigenvalue weighted by Crippen LogP contribution is 2.33. The molecule has 0 saturated carbocycles. The van der Waals surface area contributed by atoms with Crippen molar-refractivity contribution in [1.82, 2.24) is 10.6 Å². The van der Waals surface area contributed by atoms with Crippen LogP contribution in [0.4, 0.5) is 11.4 Å². The van der Waals surface area contributed by atoms with E-state index in [-0.39, 0.29) is 18.9 Å². The van der Waals surface area contributed by atoms with Crippen LogP contribution in [0.25, 0.3) is 10.8 Å². The molecule has 0 spiro atoms. The molecule has 2 atom stereocenters. The van der Waals surface area contributed by atoms with E-state index in [1.165, 1.54) is 4.90 Å². The summed E-state index contributed by atoms with van der Waals surface area (Å²) in [6.45, 7) is 1.69. The Morgan fingerprint density at radius 1 is 1.03 bits per heavy atom. The summed E-state index contributed by atoms with van der Waals surface area (Å²) >= 11 is 0. The van der Waals surface area contributed by atoms with E-state index in [0.717, 1.165) is 16.3 Å². The quantitative estimate of drug-likeness (QED) is 0.342. The molecule has 0 bridgehead atoms. The topological polar surface area (TPSA) is 136 Å². The van der Waals surface area contributed by atoms with Gasteiger partial charge < -0.3 is 25.4 Å². The zero-order chi connectivity index (χ0) is 27.9. The fraction of sp³-hybridized carbons (Fsp3) is 0.276. The molecular weight excluding hydrogens is 500 g/mol. The van der Waals surface area contributed by atoms with E-state index >= 15 is 0 Å². The van der Waals surface area contributed by atoms with Crippen molar-refractivity contribution in [2.24, 2.45) is 0 Å². The average molecular weight is 531 g/mol. The molecule has 3 aromatic rings. The van der Waals surface area contributed by atoms with Gasteiger partial charge in [-0.3, -0.25) is 24.1 Å². The Labute approximate surface area is 225 Å². The van der Waals surface area contributed by atoms with Crippen molar-refractivity contribution in [3.05, 3.63) is 72.3 Å². The third kappa shape index (κ3) is 6.47. The van der Waals surface area contributed by atoms with Crippen LogP contribution >= 0.6 is 0 Å². The predicted octanol–water partition coefficient (Wildman–Crippen LogP) is 2.25. The van der Waals surface area contributed by atoms with E-state index in [2.05, 4.69) is 10.6 Å². The fourth-order valence-corrected chi connectivity index (χ4v) is 4.64. The van der Waals surface area contributed by atoms with Crippen molar-refractivity contribution in [3.63, 3.8) is 0 Å². The maximum absolute atomic E-state index is 13.8. The number of benzene rings is 3. The number of nitrogens with one attached hydrogen (secondary N) is 2. The molecule has 1 unspecified atom stereocenters. The minimum absolute atomic E-state index is 0.0597. The number of aldehydes is 1. The summed E-state index contributed by atoms with van der Waals surface area (Å²) in [6, 6.07) is 18.7. The third-order valence-corrected chi connectivity index (χ3v) is 6.57. The maximum Gasteiger partial charge on any atom is 0.305 e. The van der Waals surface area contributed by atoms with Gasteiger partial charge in [-0.25, -0.2) is 0 Å². The number of aliphatic carboxylic acids is 1. The number of para-hydroxylation sites is 2. The monoisotopic (exact) mass is 530 g/mol. The van der Waals surface area contributed by atoms with E-state index in [1.54, 1.807) is 36.1 Å². The summed E-state index contributed by atoms with van der Waals surface area (Å²) < 4.78 is 0. The normalized spacial score (nSPS) is 15.8. The summed E-state index contributed by atoms with van der Waals surface area (Å²) in [7, 11) is 0. The molecule has 10 heteroatoms. The average Bonchev–Trinajstić information content (AvgIpc) is 3.05. The number of fused-ring (bicyclic) bond motifs is 2. The van der Waals surface area contributed by atoms with Gasteiger partial charge in [0, 0.05) is 13.0 Å². The van der Waals surface area contributed by atoms with E-state index in [0.29, 0.717) is 24.2 Å². The van der Waals surface area contributed by atoms with Crippen LogP contribution in [0, 0.1) is 0 Å². The fourth-order valence-electron chi connectivity index (χ4n) is 4.64. The van der Waals surface area contributed by atoms with Crippen molar-refractivity contribution in [2.75, 3.05) is 22.9 Å². The summed E-state index contributed by atoms with van der Waals surface area (Å²) in [6.07, 6.45) is -0.00904. The van der Waals surface area contributed by atoms with Crippen LogP contribution in [0.5, 0.6) is 0 Å². The summed E-state index contributed by atoms with van der Waals surface area (Å²) in [5, 5.41) is 16.8. The smallest absolute Gasteiger partial charge is 0.305 e. The van der Waals surface area contributed by atoms with Gasteiger partial charge in [0.05, 0.1) is 30.4 Å². The molecule has 0 saturated heterocycles. The lowest BCUT2D eigenvalue weighted by atomic mass is 10.1. The first kappa shape index (κ1) is 27.5. The Balaban J connectivity index is 1.62. The Hall–Kier alpha value is -4.57. The van der Waals surface area contributed by atoms with Gasteiger partial charge in [-0.05, 0) is 34.5 Å². The number of amides is 3. The molecule has 1 aliphatic rings. The lowest BCUT2D eigenvalue weighted by Gasteiger charge is -2.25. The molecular formula is C29H30N4O6. The first-order valence-corrected chi connectivity index (χ1v) is 12.7. The Bertz CT molecular complexity index is 1410. The number of rotatable bonds is 10. The number of carboxylic acids is 1. The lowest BCUT2D eigenvalue weighted by Crippen LogP contribution is -2.53. The van der Waals surface area contributed by atoms with Crippen molar-refractivity contribution in [3.8, 4) is 0 Å². The maximum atomic E-state index is 13.8. The second-order valence-electron chi connectivity index (χ2n) is 9.29. The highest BCUT2D eigenvalue weighted by molar-refractivity contribution is 6.09. The number of nitrogens with zero attached hydrogens (tertiary/aromatic N) is 2. The van der Waals surface area contributed by atoms with E-state index in [4.69, 9.17) is 5.11 Å².